The van der Waals surface area contributed by atoms with Crippen LogP contribution in [0.25, 0.3) is 0 Å². The molecule has 0 spiro atoms. The molecule has 0 saturated carbocycles. The van der Waals surface area contributed by atoms with Crippen molar-refractivity contribution in [3.8, 4) is 0 Å². The number of hydrogen-bond donors (Lipinski definition) is 1. The summed E-state index contributed by atoms with van der Waals surface area (Å²) in [6.07, 6.45) is 0.321. The van der Waals surface area contributed by atoms with Crippen molar-refractivity contribution >= 4 is 17.9 Å². The van der Waals surface area contributed by atoms with E-state index < -0.39 is 5.60 Å². The van der Waals surface area contributed by atoms with Crippen molar-refractivity contribution in [1.82, 2.24) is 4.90 Å². The third-order valence-corrected chi connectivity index (χ3v) is 4.08. The van der Waals surface area contributed by atoms with E-state index in [4.69, 9.17) is 9.84 Å². The summed E-state index contributed by atoms with van der Waals surface area (Å²) < 4.78 is 5.43. The van der Waals surface area contributed by atoms with Gasteiger partial charge in [0.25, 0.3) is 0 Å². The average Bonchev–Trinajstić information content (AvgIpc) is 2.39. The molecule has 0 bridgehead atoms. The van der Waals surface area contributed by atoms with Gasteiger partial charge in [-0.05, 0) is 41.0 Å². The first-order valence-electron chi connectivity index (χ1n) is 5.94. The number of nitrogens with zero attached hydrogens (tertiary/aromatic N) is 1. The van der Waals surface area contributed by atoms with Crippen molar-refractivity contribution < 1.29 is 14.6 Å². The fraction of sp³-hybridized carbons (Fsp3) is 0.917. The Morgan fingerprint density at radius 1 is 1.53 bits per heavy atom. The average molecular weight is 261 g/mol. The topological polar surface area (TPSA) is 49.8 Å². The molecule has 17 heavy (non-hydrogen) atoms. The lowest BCUT2D eigenvalue weighted by atomic mass is 10.1. The van der Waals surface area contributed by atoms with Gasteiger partial charge in [0.15, 0.2) is 0 Å². The number of aliphatic hydroxyl groups is 1. The van der Waals surface area contributed by atoms with Crippen LogP contribution in [0, 0.1) is 0 Å². The lowest BCUT2D eigenvalue weighted by molar-refractivity contribution is 0.00764. The van der Waals surface area contributed by atoms with Crippen molar-refractivity contribution in [3.63, 3.8) is 0 Å². The molecule has 1 rings (SSSR count). The molecule has 0 radical (unpaired) electrons. The summed E-state index contributed by atoms with van der Waals surface area (Å²) in [7, 11) is 0. The van der Waals surface area contributed by atoms with Gasteiger partial charge in [-0.2, -0.15) is 0 Å². The van der Waals surface area contributed by atoms with Crippen LogP contribution >= 0.6 is 11.8 Å². The predicted octanol–water partition coefficient (Wildman–Crippen LogP) is 2.46. The lowest BCUT2D eigenvalue weighted by Crippen LogP contribution is -2.49. The zero-order valence-electron chi connectivity index (χ0n) is 11.3. The number of amides is 1. The van der Waals surface area contributed by atoms with Crippen LogP contribution in [0.2, 0.25) is 0 Å². The molecule has 1 amide bonds. The Morgan fingerprint density at radius 3 is 2.59 bits per heavy atom. The number of carbonyl (C=O) groups excluding carboxylic acids is 1. The van der Waals surface area contributed by atoms with Crippen molar-refractivity contribution in [3.05, 3.63) is 0 Å². The van der Waals surface area contributed by atoms with E-state index in [0.717, 1.165) is 5.75 Å². The highest BCUT2D eigenvalue weighted by atomic mass is 32.2. The monoisotopic (exact) mass is 261 g/mol. The van der Waals surface area contributed by atoms with E-state index in [9.17, 15) is 4.79 Å². The Bertz CT molecular complexity index is 286. The number of aliphatic hydroxyl groups excluding tert-OH is 1. The van der Waals surface area contributed by atoms with E-state index in [1.807, 2.05) is 34.6 Å². The molecule has 100 valence electrons. The molecule has 1 N–H and O–H groups in total. The molecule has 0 aromatic carbocycles. The molecule has 1 aliphatic rings. The molecule has 0 aromatic heterocycles. The normalized spacial score (nSPS) is 23.9. The molecule has 1 heterocycles. The summed E-state index contributed by atoms with van der Waals surface area (Å²) in [5, 5.41) is 9.04. The molecular formula is C12H23NO3S. The van der Waals surface area contributed by atoms with E-state index in [1.54, 1.807) is 16.7 Å². The molecule has 4 nitrogen and oxygen atoms in total. The molecule has 0 aliphatic carbocycles. The third kappa shape index (κ3) is 3.78. The second kappa shape index (κ2) is 5.06. The standard InChI is InChI=1S/C12H23NO3S/c1-11(2,3)16-10(15)13-9(6-7-14)8-17-12(13,4)5/h9,14H,6-8H2,1-5H3/t9-/m1/s1. The van der Waals surface area contributed by atoms with Gasteiger partial charge in [-0.15, -0.1) is 11.8 Å². The number of thioether (sulfide) groups is 1. The molecular weight excluding hydrogens is 238 g/mol. The summed E-state index contributed by atoms with van der Waals surface area (Å²) in [6.45, 7) is 9.71. The van der Waals surface area contributed by atoms with Crippen LogP contribution in [-0.2, 0) is 4.74 Å². The van der Waals surface area contributed by atoms with Gasteiger partial charge in [0, 0.05) is 18.4 Å². The maximum Gasteiger partial charge on any atom is 0.411 e. The van der Waals surface area contributed by atoms with Crippen LogP contribution < -0.4 is 0 Å². The summed E-state index contributed by atoms with van der Waals surface area (Å²) in [4.78, 5) is 13.7. The zero-order chi connectivity index (χ0) is 13.3. The van der Waals surface area contributed by atoms with E-state index >= 15 is 0 Å². The predicted molar refractivity (Wildman–Crippen MR) is 70.1 cm³/mol. The highest BCUT2D eigenvalue weighted by Gasteiger charge is 2.44. The van der Waals surface area contributed by atoms with Gasteiger partial charge in [0.05, 0.1) is 4.87 Å². The highest BCUT2D eigenvalue weighted by molar-refractivity contribution is 8.00. The van der Waals surface area contributed by atoms with Gasteiger partial charge in [-0.3, -0.25) is 4.90 Å². The number of rotatable bonds is 2. The van der Waals surface area contributed by atoms with E-state index in [1.165, 1.54) is 0 Å². The number of carbonyl (C=O) groups is 1. The van der Waals surface area contributed by atoms with E-state index in [2.05, 4.69) is 0 Å². The lowest BCUT2D eigenvalue weighted by Gasteiger charge is -2.35. The van der Waals surface area contributed by atoms with Gasteiger partial charge in [0.1, 0.15) is 5.60 Å². The number of hydrogen-bond acceptors (Lipinski definition) is 4. The van der Waals surface area contributed by atoms with Crippen LogP contribution in [0.3, 0.4) is 0 Å². The maximum atomic E-state index is 12.2. The van der Waals surface area contributed by atoms with Crippen molar-refractivity contribution in [1.29, 1.82) is 0 Å². The Labute approximate surface area is 108 Å². The molecule has 5 heteroatoms. The van der Waals surface area contributed by atoms with Gasteiger partial charge < -0.3 is 9.84 Å². The Kier molecular flexibility index (Phi) is 4.36. The molecule has 1 aliphatic heterocycles. The SMILES string of the molecule is CC(C)(C)OC(=O)N1[C@H](CCO)CSC1(C)C. The zero-order valence-corrected chi connectivity index (χ0v) is 12.1. The minimum absolute atomic E-state index is 0.0647. The highest BCUT2D eigenvalue weighted by Crippen LogP contribution is 2.40. The van der Waals surface area contributed by atoms with Crippen molar-refractivity contribution in [2.75, 3.05) is 12.4 Å². The van der Waals surface area contributed by atoms with Crippen LogP contribution in [0.4, 0.5) is 4.79 Å². The number of ether oxygens (including phenoxy) is 1. The molecule has 1 fully saturated rings. The largest absolute Gasteiger partial charge is 0.444 e. The Balaban J connectivity index is 2.79. The molecule has 1 atom stereocenters. The minimum atomic E-state index is -0.482. The van der Waals surface area contributed by atoms with Crippen molar-refractivity contribution in [2.45, 2.75) is 57.6 Å². The van der Waals surface area contributed by atoms with Gasteiger partial charge in [-0.25, -0.2) is 4.79 Å². The quantitative estimate of drug-likeness (QED) is 0.829. The van der Waals surface area contributed by atoms with E-state index in [0.29, 0.717) is 6.42 Å². The molecule has 0 aromatic rings. The smallest absolute Gasteiger partial charge is 0.411 e. The van der Waals surface area contributed by atoms with Crippen LogP contribution in [0.5, 0.6) is 0 Å². The van der Waals surface area contributed by atoms with Crippen LogP contribution in [-0.4, -0.2) is 45.0 Å². The van der Waals surface area contributed by atoms with Crippen molar-refractivity contribution in [2.24, 2.45) is 0 Å². The second-order valence-corrected chi connectivity index (χ2v) is 7.40. The molecule has 0 unspecified atom stereocenters. The fourth-order valence-electron chi connectivity index (χ4n) is 1.93. The third-order valence-electron chi connectivity index (χ3n) is 2.63. The maximum absolute atomic E-state index is 12.2. The molecule has 1 saturated heterocycles. The summed E-state index contributed by atoms with van der Waals surface area (Å²) in [5.41, 5.74) is -0.482. The van der Waals surface area contributed by atoms with Gasteiger partial charge in [0.2, 0.25) is 0 Å². The van der Waals surface area contributed by atoms with Gasteiger partial charge in [-0.1, -0.05) is 0 Å². The second-order valence-electron chi connectivity index (χ2n) is 5.77. The fourth-order valence-corrected chi connectivity index (χ4v) is 3.20. The van der Waals surface area contributed by atoms with Crippen LogP contribution in [0.15, 0.2) is 0 Å². The minimum Gasteiger partial charge on any atom is -0.444 e. The van der Waals surface area contributed by atoms with Crippen LogP contribution in [0.1, 0.15) is 41.0 Å². The first-order chi connectivity index (χ1) is 7.67. The summed E-state index contributed by atoms with van der Waals surface area (Å²) in [5.74, 6) is 0.854. The summed E-state index contributed by atoms with van der Waals surface area (Å²) in [6, 6.07) is 0.0647. The first kappa shape index (κ1) is 14.6. The van der Waals surface area contributed by atoms with E-state index in [-0.39, 0.29) is 23.6 Å². The van der Waals surface area contributed by atoms with Gasteiger partial charge >= 0.3 is 6.09 Å². The first-order valence-corrected chi connectivity index (χ1v) is 6.93. The Hall–Kier alpha value is -0.420. The summed E-state index contributed by atoms with van der Waals surface area (Å²) >= 11 is 1.72. The Morgan fingerprint density at radius 2 is 2.12 bits per heavy atom.